The highest BCUT2D eigenvalue weighted by molar-refractivity contribution is 5.81. The lowest BCUT2D eigenvalue weighted by molar-refractivity contribution is -0.122. The van der Waals surface area contributed by atoms with Crippen molar-refractivity contribution in [2.75, 3.05) is 13.7 Å². The second-order valence-corrected chi connectivity index (χ2v) is 4.70. The standard InChI is InChI=1S/C15H24N2O2/c1-5-16-15(18)12(3)17-11(2)10-13-8-6-7-9-14(13)19-4/h6-9,11-12,17H,5,10H2,1-4H3,(H,16,18). The van der Waals surface area contributed by atoms with E-state index in [0.29, 0.717) is 6.54 Å². The Kier molecular flexibility index (Phi) is 6.36. The van der Waals surface area contributed by atoms with E-state index in [2.05, 4.69) is 17.6 Å². The molecule has 0 aliphatic heterocycles. The zero-order valence-corrected chi connectivity index (χ0v) is 12.2. The molecule has 0 heterocycles. The minimum absolute atomic E-state index is 0.0365. The number of nitrogens with one attached hydrogen (secondary N) is 2. The molecule has 0 aliphatic carbocycles. The number of rotatable bonds is 7. The highest BCUT2D eigenvalue weighted by atomic mass is 16.5. The molecule has 0 radical (unpaired) electrons. The Morgan fingerprint density at radius 1 is 1.32 bits per heavy atom. The number of hydrogen-bond acceptors (Lipinski definition) is 3. The first-order valence-electron chi connectivity index (χ1n) is 6.74. The van der Waals surface area contributed by atoms with Crippen LogP contribution in [-0.4, -0.2) is 31.6 Å². The summed E-state index contributed by atoms with van der Waals surface area (Å²) in [6.45, 7) is 6.53. The lowest BCUT2D eigenvalue weighted by Gasteiger charge is -2.20. The Morgan fingerprint density at radius 3 is 2.63 bits per heavy atom. The zero-order valence-electron chi connectivity index (χ0n) is 12.2. The second kappa shape index (κ2) is 7.79. The molecule has 0 aliphatic rings. The van der Waals surface area contributed by atoms with E-state index < -0.39 is 0 Å². The molecule has 106 valence electrons. The van der Waals surface area contributed by atoms with Crippen LogP contribution in [0.25, 0.3) is 0 Å². The molecule has 2 unspecified atom stereocenters. The predicted octanol–water partition coefficient (Wildman–Crippen LogP) is 1.74. The minimum Gasteiger partial charge on any atom is -0.496 e. The number of amides is 1. The van der Waals surface area contributed by atoms with E-state index in [1.807, 2.05) is 38.1 Å². The van der Waals surface area contributed by atoms with Gasteiger partial charge in [0, 0.05) is 12.6 Å². The van der Waals surface area contributed by atoms with E-state index >= 15 is 0 Å². The summed E-state index contributed by atoms with van der Waals surface area (Å²) in [7, 11) is 1.67. The Balaban J connectivity index is 2.55. The summed E-state index contributed by atoms with van der Waals surface area (Å²) in [5.74, 6) is 0.927. The summed E-state index contributed by atoms with van der Waals surface area (Å²) in [6, 6.07) is 7.97. The number of carbonyl (C=O) groups is 1. The zero-order chi connectivity index (χ0) is 14.3. The third-order valence-electron chi connectivity index (χ3n) is 3.00. The van der Waals surface area contributed by atoms with E-state index in [1.54, 1.807) is 7.11 Å². The molecule has 0 saturated carbocycles. The number of benzene rings is 1. The van der Waals surface area contributed by atoms with Gasteiger partial charge in [-0.2, -0.15) is 0 Å². The molecule has 1 amide bonds. The number of para-hydroxylation sites is 1. The van der Waals surface area contributed by atoms with Crippen molar-refractivity contribution >= 4 is 5.91 Å². The van der Waals surface area contributed by atoms with E-state index in [9.17, 15) is 4.79 Å². The molecule has 2 atom stereocenters. The van der Waals surface area contributed by atoms with Gasteiger partial charge in [0.25, 0.3) is 0 Å². The number of carbonyl (C=O) groups excluding carboxylic acids is 1. The van der Waals surface area contributed by atoms with Gasteiger partial charge in [-0.1, -0.05) is 18.2 Å². The molecule has 0 bridgehead atoms. The van der Waals surface area contributed by atoms with Crippen LogP contribution in [-0.2, 0) is 11.2 Å². The Labute approximate surface area is 115 Å². The summed E-state index contributed by atoms with van der Waals surface area (Å²) >= 11 is 0. The quantitative estimate of drug-likeness (QED) is 0.788. The average molecular weight is 264 g/mol. The van der Waals surface area contributed by atoms with Gasteiger partial charge >= 0.3 is 0 Å². The smallest absolute Gasteiger partial charge is 0.236 e. The Morgan fingerprint density at radius 2 is 2.00 bits per heavy atom. The van der Waals surface area contributed by atoms with E-state index in [-0.39, 0.29) is 18.0 Å². The van der Waals surface area contributed by atoms with Gasteiger partial charge < -0.3 is 15.4 Å². The minimum atomic E-state index is -0.190. The molecule has 1 aromatic rings. The first-order chi connectivity index (χ1) is 9.08. The first-order valence-corrected chi connectivity index (χ1v) is 6.74. The largest absolute Gasteiger partial charge is 0.496 e. The van der Waals surface area contributed by atoms with E-state index in [4.69, 9.17) is 4.74 Å². The molecule has 0 saturated heterocycles. The van der Waals surface area contributed by atoms with E-state index in [0.717, 1.165) is 17.7 Å². The van der Waals surface area contributed by atoms with Crippen molar-refractivity contribution in [1.82, 2.24) is 10.6 Å². The van der Waals surface area contributed by atoms with Crippen LogP contribution >= 0.6 is 0 Å². The van der Waals surface area contributed by atoms with Crippen molar-refractivity contribution < 1.29 is 9.53 Å². The molecule has 19 heavy (non-hydrogen) atoms. The third-order valence-corrected chi connectivity index (χ3v) is 3.00. The average Bonchev–Trinajstić information content (AvgIpc) is 2.39. The molecular formula is C15H24N2O2. The lowest BCUT2D eigenvalue weighted by atomic mass is 10.1. The van der Waals surface area contributed by atoms with Gasteiger partial charge in [0.1, 0.15) is 5.75 Å². The highest BCUT2D eigenvalue weighted by Crippen LogP contribution is 2.18. The van der Waals surface area contributed by atoms with Crippen molar-refractivity contribution in [2.24, 2.45) is 0 Å². The van der Waals surface area contributed by atoms with Gasteiger partial charge in [-0.25, -0.2) is 0 Å². The van der Waals surface area contributed by atoms with Gasteiger partial charge in [0.2, 0.25) is 5.91 Å². The maximum atomic E-state index is 11.7. The molecule has 4 nitrogen and oxygen atoms in total. The molecule has 1 aromatic carbocycles. The number of likely N-dealkylation sites (N-methyl/N-ethyl adjacent to an activating group) is 1. The van der Waals surface area contributed by atoms with Gasteiger partial charge in [-0.15, -0.1) is 0 Å². The maximum Gasteiger partial charge on any atom is 0.236 e. The fraction of sp³-hybridized carbons (Fsp3) is 0.533. The summed E-state index contributed by atoms with van der Waals surface area (Å²) < 4.78 is 5.33. The van der Waals surface area contributed by atoms with Crippen molar-refractivity contribution in [2.45, 2.75) is 39.3 Å². The summed E-state index contributed by atoms with van der Waals surface area (Å²) in [6.07, 6.45) is 0.827. The van der Waals surface area contributed by atoms with Gasteiger partial charge in [0.05, 0.1) is 13.2 Å². The number of hydrogen-bond donors (Lipinski definition) is 2. The van der Waals surface area contributed by atoms with Gasteiger partial charge in [0.15, 0.2) is 0 Å². The summed E-state index contributed by atoms with van der Waals surface area (Å²) in [5, 5.41) is 6.11. The molecule has 2 N–H and O–H groups in total. The van der Waals surface area contributed by atoms with Gasteiger partial charge in [-0.05, 0) is 38.8 Å². The molecule has 0 spiro atoms. The Hall–Kier alpha value is -1.55. The van der Waals surface area contributed by atoms with Gasteiger partial charge in [-0.3, -0.25) is 4.79 Å². The van der Waals surface area contributed by atoms with Crippen molar-refractivity contribution in [3.63, 3.8) is 0 Å². The fourth-order valence-electron chi connectivity index (χ4n) is 2.09. The normalized spacial score (nSPS) is 13.7. The SMILES string of the molecule is CCNC(=O)C(C)NC(C)Cc1ccccc1OC. The van der Waals surface area contributed by atoms with E-state index in [1.165, 1.54) is 0 Å². The van der Waals surface area contributed by atoms with Crippen LogP contribution in [0.5, 0.6) is 5.75 Å². The summed E-state index contributed by atoms with van der Waals surface area (Å²) in [5.41, 5.74) is 1.15. The van der Waals surface area contributed by atoms with Crippen molar-refractivity contribution in [3.05, 3.63) is 29.8 Å². The van der Waals surface area contributed by atoms with Crippen LogP contribution in [0.2, 0.25) is 0 Å². The summed E-state index contributed by atoms with van der Waals surface area (Å²) in [4.78, 5) is 11.7. The number of methoxy groups -OCH3 is 1. The maximum absolute atomic E-state index is 11.7. The first kappa shape index (κ1) is 15.5. The molecule has 0 fully saturated rings. The predicted molar refractivity (Wildman–Crippen MR) is 77.4 cm³/mol. The fourth-order valence-corrected chi connectivity index (χ4v) is 2.09. The second-order valence-electron chi connectivity index (χ2n) is 4.70. The topological polar surface area (TPSA) is 50.4 Å². The monoisotopic (exact) mass is 264 g/mol. The molecular weight excluding hydrogens is 240 g/mol. The van der Waals surface area contributed by atoms with Crippen LogP contribution in [0.15, 0.2) is 24.3 Å². The Bertz CT molecular complexity index is 407. The van der Waals surface area contributed by atoms with Crippen LogP contribution in [0.1, 0.15) is 26.3 Å². The molecule has 1 rings (SSSR count). The molecule has 4 heteroatoms. The van der Waals surface area contributed by atoms with Crippen molar-refractivity contribution in [3.8, 4) is 5.75 Å². The third kappa shape index (κ3) is 4.91. The van der Waals surface area contributed by atoms with Crippen LogP contribution in [0, 0.1) is 0 Å². The van der Waals surface area contributed by atoms with Crippen LogP contribution in [0.3, 0.4) is 0 Å². The van der Waals surface area contributed by atoms with Crippen molar-refractivity contribution in [1.29, 1.82) is 0 Å². The number of ether oxygens (including phenoxy) is 1. The molecule has 0 aromatic heterocycles. The van der Waals surface area contributed by atoms with Crippen LogP contribution < -0.4 is 15.4 Å². The highest BCUT2D eigenvalue weighted by Gasteiger charge is 2.15. The lowest BCUT2D eigenvalue weighted by Crippen LogP contribution is -2.46. The van der Waals surface area contributed by atoms with Crippen LogP contribution in [0.4, 0.5) is 0 Å².